The van der Waals surface area contributed by atoms with Crippen LogP contribution >= 0.6 is 0 Å². The molecule has 116 valence electrons. The number of fused-ring (bicyclic) bond motifs is 1. The molecule has 1 aromatic heterocycles. The van der Waals surface area contributed by atoms with Gasteiger partial charge < -0.3 is 5.32 Å². The van der Waals surface area contributed by atoms with Crippen molar-refractivity contribution in [3.63, 3.8) is 0 Å². The van der Waals surface area contributed by atoms with Crippen LogP contribution in [-0.2, 0) is 24.2 Å². The highest BCUT2D eigenvalue weighted by Gasteiger charge is 2.23. The third kappa shape index (κ3) is 3.17. The Morgan fingerprint density at radius 1 is 1.36 bits per heavy atom. The summed E-state index contributed by atoms with van der Waals surface area (Å²) in [5, 5.41) is 10.4. The van der Waals surface area contributed by atoms with Crippen molar-refractivity contribution in [2.45, 2.75) is 32.4 Å². The minimum absolute atomic E-state index is 0.0499. The predicted octanol–water partition coefficient (Wildman–Crippen LogP) is 1.09. The molecule has 1 N–H and O–H groups in total. The summed E-state index contributed by atoms with van der Waals surface area (Å²) in [4.78, 5) is 14.3. The van der Waals surface area contributed by atoms with E-state index in [1.54, 1.807) is 6.92 Å². The predicted molar refractivity (Wildman–Crippen MR) is 81.1 cm³/mol. The lowest BCUT2D eigenvalue weighted by molar-refractivity contribution is -0.120. The summed E-state index contributed by atoms with van der Waals surface area (Å²) in [5.74, 6) is -0.0499. The lowest BCUT2D eigenvalue weighted by Gasteiger charge is -2.34. The first kappa shape index (κ1) is 14.7. The van der Waals surface area contributed by atoms with E-state index in [2.05, 4.69) is 56.5 Å². The maximum Gasteiger partial charge on any atom is 0.226 e. The number of carbonyl (C=O) groups excluding carboxylic acids is 1. The van der Waals surface area contributed by atoms with Crippen molar-refractivity contribution >= 4 is 5.91 Å². The van der Waals surface area contributed by atoms with E-state index in [1.165, 1.54) is 11.1 Å². The minimum atomic E-state index is -0.0499. The van der Waals surface area contributed by atoms with Gasteiger partial charge >= 0.3 is 0 Å². The Labute approximate surface area is 129 Å². The van der Waals surface area contributed by atoms with E-state index in [0.717, 1.165) is 13.0 Å². The number of hydrogen-bond donors (Lipinski definition) is 1. The molecule has 2 heterocycles. The average Bonchev–Trinajstić information content (AvgIpc) is 2.90. The van der Waals surface area contributed by atoms with Crippen molar-refractivity contribution in [3.05, 3.63) is 46.8 Å². The summed E-state index contributed by atoms with van der Waals surface area (Å²) in [6.45, 7) is 3.34. The van der Waals surface area contributed by atoms with Gasteiger partial charge in [0.25, 0.3) is 0 Å². The van der Waals surface area contributed by atoms with Crippen molar-refractivity contribution in [2.75, 3.05) is 13.6 Å². The second-order valence-electron chi connectivity index (χ2n) is 5.82. The van der Waals surface area contributed by atoms with Gasteiger partial charge in [0.1, 0.15) is 11.4 Å². The smallest absolute Gasteiger partial charge is 0.226 e. The molecular weight excluding hydrogens is 280 g/mol. The summed E-state index contributed by atoms with van der Waals surface area (Å²) in [5.41, 5.74) is 4.01. The molecule has 0 aliphatic carbocycles. The van der Waals surface area contributed by atoms with Gasteiger partial charge in [0.05, 0.1) is 6.42 Å². The summed E-state index contributed by atoms with van der Waals surface area (Å²) in [6, 6.07) is 8.79. The van der Waals surface area contributed by atoms with E-state index >= 15 is 0 Å². The molecule has 3 rings (SSSR count). The van der Waals surface area contributed by atoms with Gasteiger partial charge in [-0.25, -0.2) is 4.63 Å². The summed E-state index contributed by atoms with van der Waals surface area (Å²) >= 11 is 0. The van der Waals surface area contributed by atoms with Crippen LogP contribution in [0.1, 0.15) is 22.5 Å². The van der Waals surface area contributed by atoms with Gasteiger partial charge in [0.2, 0.25) is 5.91 Å². The van der Waals surface area contributed by atoms with E-state index < -0.39 is 0 Å². The van der Waals surface area contributed by atoms with Gasteiger partial charge in [-0.3, -0.25) is 9.69 Å². The summed E-state index contributed by atoms with van der Waals surface area (Å²) in [7, 11) is 2.10. The number of likely N-dealkylation sites (N-methyl/N-ethyl adjacent to an activating group) is 1. The van der Waals surface area contributed by atoms with Crippen LogP contribution in [-0.4, -0.2) is 40.8 Å². The molecule has 1 unspecified atom stereocenters. The molecule has 0 radical (unpaired) electrons. The maximum absolute atomic E-state index is 12.0. The molecule has 6 heteroatoms. The monoisotopic (exact) mass is 300 g/mol. The third-order valence-corrected chi connectivity index (χ3v) is 4.23. The van der Waals surface area contributed by atoms with Gasteiger partial charge in [-0.15, -0.1) is 0 Å². The first-order valence-electron chi connectivity index (χ1n) is 7.45. The number of nitrogens with one attached hydrogen (secondary N) is 1. The highest BCUT2D eigenvalue weighted by atomic mass is 16.6. The van der Waals surface area contributed by atoms with E-state index in [4.69, 9.17) is 0 Å². The fourth-order valence-corrected chi connectivity index (χ4v) is 2.80. The molecule has 0 fully saturated rings. The second-order valence-corrected chi connectivity index (χ2v) is 5.82. The molecule has 1 aliphatic rings. The molecule has 1 aliphatic heterocycles. The van der Waals surface area contributed by atoms with Gasteiger partial charge in [-0.05, 0) is 31.5 Å². The van der Waals surface area contributed by atoms with Gasteiger partial charge in [0.15, 0.2) is 0 Å². The van der Waals surface area contributed by atoms with Crippen molar-refractivity contribution in [2.24, 2.45) is 0 Å². The molecular formula is C16H20N4O2. The van der Waals surface area contributed by atoms with Crippen LogP contribution < -0.4 is 5.32 Å². The maximum atomic E-state index is 12.0. The fourth-order valence-electron chi connectivity index (χ4n) is 2.80. The van der Waals surface area contributed by atoms with Crippen molar-refractivity contribution in [3.8, 4) is 0 Å². The Balaban J connectivity index is 1.55. The normalized spacial score (nSPS) is 18.0. The molecule has 6 nitrogen and oxygen atoms in total. The van der Waals surface area contributed by atoms with Crippen LogP contribution in [0.5, 0.6) is 0 Å². The van der Waals surface area contributed by atoms with E-state index in [-0.39, 0.29) is 12.3 Å². The van der Waals surface area contributed by atoms with E-state index in [1.807, 2.05) is 0 Å². The zero-order chi connectivity index (χ0) is 15.5. The zero-order valence-electron chi connectivity index (χ0n) is 12.9. The minimum Gasteiger partial charge on any atom is -0.354 e. The molecule has 2 aromatic rings. The number of aryl methyl sites for hydroxylation is 1. The van der Waals surface area contributed by atoms with Crippen LogP contribution in [0.4, 0.5) is 0 Å². The van der Waals surface area contributed by atoms with Gasteiger partial charge in [-0.1, -0.05) is 34.6 Å². The summed E-state index contributed by atoms with van der Waals surface area (Å²) < 4.78 is 4.61. The molecule has 1 aromatic carbocycles. The fraction of sp³-hybridized carbons (Fsp3) is 0.438. The van der Waals surface area contributed by atoms with Crippen molar-refractivity contribution in [1.82, 2.24) is 20.5 Å². The molecule has 1 amide bonds. The first-order valence-corrected chi connectivity index (χ1v) is 7.45. The van der Waals surface area contributed by atoms with Crippen LogP contribution in [0.2, 0.25) is 0 Å². The molecule has 0 spiro atoms. The Bertz CT molecular complexity index is 668. The van der Waals surface area contributed by atoms with Crippen molar-refractivity contribution < 1.29 is 9.42 Å². The number of nitrogens with zero attached hydrogens (tertiary/aromatic N) is 3. The Morgan fingerprint density at radius 2 is 2.14 bits per heavy atom. The van der Waals surface area contributed by atoms with Crippen LogP contribution in [0.15, 0.2) is 28.9 Å². The Kier molecular flexibility index (Phi) is 4.20. The molecule has 0 bridgehead atoms. The Morgan fingerprint density at radius 3 is 2.86 bits per heavy atom. The van der Waals surface area contributed by atoms with E-state index in [9.17, 15) is 4.79 Å². The number of benzene rings is 1. The zero-order valence-corrected chi connectivity index (χ0v) is 12.9. The molecule has 1 atom stereocenters. The number of rotatable bonds is 4. The molecule has 22 heavy (non-hydrogen) atoms. The van der Waals surface area contributed by atoms with E-state index in [0.29, 0.717) is 24.0 Å². The Hall–Kier alpha value is -2.21. The van der Waals surface area contributed by atoms with Crippen LogP contribution in [0, 0.1) is 6.92 Å². The first-order chi connectivity index (χ1) is 10.6. The number of carbonyl (C=O) groups is 1. The lowest BCUT2D eigenvalue weighted by Crippen LogP contribution is -2.45. The van der Waals surface area contributed by atoms with Gasteiger partial charge in [-0.2, -0.15) is 0 Å². The molecule has 0 saturated carbocycles. The highest BCUT2D eigenvalue weighted by Crippen LogP contribution is 2.21. The molecule has 0 saturated heterocycles. The second kappa shape index (κ2) is 6.27. The number of amides is 1. The standard InChI is InChI=1S/C16H20N4O2/c1-11-15(19-22-18-11)8-16(21)17-9-14-7-12-5-3-4-6-13(12)10-20(14)2/h3-6,14H,7-10H2,1-2H3,(H,17,21). The van der Waals surface area contributed by atoms with Gasteiger partial charge in [0, 0.05) is 19.1 Å². The largest absolute Gasteiger partial charge is 0.354 e. The lowest BCUT2D eigenvalue weighted by atomic mass is 9.94. The van der Waals surface area contributed by atoms with Crippen molar-refractivity contribution in [1.29, 1.82) is 0 Å². The highest BCUT2D eigenvalue weighted by molar-refractivity contribution is 5.78. The summed E-state index contributed by atoms with van der Waals surface area (Å²) in [6.07, 6.45) is 1.17. The SMILES string of the molecule is Cc1nonc1CC(=O)NCC1Cc2ccccc2CN1C. The number of aromatic nitrogens is 2. The third-order valence-electron chi connectivity index (χ3n) is 4.23. The number of hydrogen-bond acceptors (Lipinski definition) is 5. The quantitative estimate of drug-likeness (QED) is 0.915. The van der Waals surface area contributed by atoms with Crippen LogP contribution in [0.25, 0.3) is 0 Å². The average molecular weight is 300 g/mol. The topological polar surface area (TPSA) is 71.3 Å². The van der Waals surface area contributed by atoms with Crippen LogP contribution in [0.3, 0.4) is 0 Å².